The van der Waals surface area contributed by atoms with Gasteiger partial charge in [0.05, 0.1) is 24.5 Å². The van der Waals surface area contributed by atoms with Crippen LogP contribution >= 0.6 is 0 Å². The minimum atomic E-state index is -2.38. The van der Waals surface area contributed by atoms with E-state index in [-0.39, 0.29) is 49.1 Å². The number of benzene rings is 2. The number of amides is 3. The van der Waals surface area contributed by atoms with E-state index < -0.39 is 119 Å². The third-order valence-corrected chi connectivity index (χ3v) is 11.5. The molecule has 16 heteroatoms. The van der Waals surface area contributed by atoms with E-state index in [0.29, 0.717) is 31.4 Å². The lowest BCUT2D eigenvalue weighted by atomic mass is 9.83. The summed E-state index contributed by atoms with van der Waals surface area (Å²) in [5.74, 6) is -18.5. The summed E-state index contributed by atoms with van der Waals surface area (Å²) in [4.78, 5) is 94.1. The molecule has 0 aliphatic carbocycles. The van der Waals surface area contributed by atoms with Gasteiger partial charge in [-0.3, -0.25) is 33.6 Å². The van der Waals surface area contributed by atoms with Crippen molar-refractivity contribution in [3.8, 4) is 0 Å². The Morgan fingerprint density at radius 3 is 1.63 bits per heavy atom. The molecule has 2 aromatic rings. The van der Waals surface area contributed by atoms with Gasteiger partial charge in [-0.05, 0) is 69.4 Å². The van der Waals surface area contributed by atoms with Gasteiger partial charge in [-0.2, -0.15) is 0 Å². The number of carbonyl (C=O) groups is 7. The average Bonchev–Trinajstić information content (AvgIpc) is 3.22. The second-order valence-corrected chi connectivity index (χ2v) is 16.9. The van der Waals surface area contributed by atoms with Crippen LogP contribution in [0.25, 0.3) is 0 Å². The number of Topliss-reactive ketones (excluding diaryl/α,β-unsaturated/α-hetero) is 4. The molecule has 344 valence electrons. The fourth-order valence-electron chi connectivity index (χ4n) is 7.22. The van der Waals surface area contributed by atoms with Gasteiger partial charge in [0.1, 0.15) is 5.78 Å². The molecule has 0 aliphatic heterocycles. The Balaban J connectivity index is 2.36. The molecule has 0 radical (unpaired) electrons. The van der Waals surface area contributed by atoms with Crippen LogP contribution in [-0.2, 0) is 46.4 Å². The van der Waals surface area contributed by atoms with Crippen LogP contribution in [0.4, 0.5) is 22.0 Å². The molecule has 3 amide bonds. The molecule has 0 aromatic heterocycles. The minimum Gasteiger partial charge on any atom is -0.346 e. The zero-order valence-corrected chi connectivity index (χ0v) is 37.0. The van der Waals surface area contributed by atoms with E-state index in [0.717, 1.165) is 0 Å². The predicted octanol–water partition coefficient (Wildman–Crippen LogP) is 6.44. The van der Waals surface area contributed by atoms with Crippen LogP contribution in [0.15, 0.2) is 30.3 Å². The topological polar surface area (TPSA) is 182 Å². The van der Waals surface area contributed by atoms with Crippen molar-refractivity contribution in [3.63, 3.8) is 0 Å². The molecule has 0 fully saturated rings. The predicted molar refractivity (Wildman–Crippen MR) is 224 cm³/mol. The van der Waals surface area contributed by atoms with Gasteiger partial charge >= 0.3 is 0 Å². The van der Waals surface area contributed by atoms with E-state index in [1.54, 1.807) is 58.0 Å². The van der Waals surface area contributed by atoms with Gasteiger partial charge in [-0.25, -0.2) is 22.0 Å². The summed E-state index contributed by atoms with van der Waals surface area (Å²) in [5, 5.41) is 7.87. The van der Waals surface area contributed by atoms with Gasteiger partial charge < -0.3 is 21.7 Å². The quantitative estimate of drug-likeness (QED) is 0.0342. The molecule has 2 rings (SSSR count). The van der Waals surface area contributed by atoms with Crippen molar-refractivity contribution in [2.24, 2.45) is 41.2 Å². The zero-order chi connectivity index (χ0) is 47.0. The number of halogens is 5. The van der Waals surface area contributed by atoms with Crippen LogP contribution in [0.1, 0.15) is 111 Å². The highest BCUT2D eigenvalue weighted by molar-refractivity contribution is 5.97. The van der Waals surface area contributed by atoms with E-state index in [9.17, 15) is 55.5 Å². The lowest BCUT2D eigenvalue weighted by Crippen LogP contribution is -2.49. The molecule has 0 bridgehead atoms. The minimum absolute atomic E-state index is 0.0490. The van der Waals surface area contributed by atoms with Crippen molar-refractivity contribution in [1.29, 1.82) is 0 Å². The summed E-state index contributed by atoms with van der Waals surface area (Å²) in [6.45, 7) is 13.9. The second kappa shape index (κ2) is 25.3. The number of ketones is 4. The smallest absolute Gasteiger partial charge is 0.225 e. The Hall–Kier alpha value is -4.86. The lowest BCUT2D eigenvalue weighted by Gasteiger charge is -2.28. The van der Waals surface area contributed by atoms with Gasteiger partial charge in [0, 0.05) is 42.6 Å². The van der Waals surface area contributed by atoms with Crippen molar-refractivity contribution in [2.75, 3.05) is 6.54 Å². The summed E-state index contributed by atoms with van der Waals surface area (Å²) >= 11 is 0. The van der Waals surface area contributed by atoms with Crippen molar-refractivity contribution >= 4 is 40.9 Å². The summed E-state index contributed by atoms with van der Waals surface area (Å²) in [7, 11) is 0. The molecule has 0 spiro atoms. The fraction of sp³-hybridized carbons (Fsp3) is 0.587. The molecule has 62 heavy (non-hydrogen) atoms. The molecule has 7 atom stereocenters. The highest BCUT2D eigenvalue weighted by Gasteiger charge is 2.36. The Kier molecular flexibility index (Phi) is 21.7. The first-order chi connectivity index (χ1) is 29.0. The van der Waals surface area contributed by atoms with Crippen LogP contribution in [0.2, 0.25) is 0 Å². The molecule has 0 saturated heterocycles. The maximum Gasteiger partial charge on any atom is 0.225 e. The van der Waals surface area contributed by atoms with E-state index >= 15 is 0 Å². The monoisotopic (exact) mass is 878 g/mol. The lowest BCUT2D eigenvalue weighted by molar-refractivity contribution is -0.136. The average molecular weight is 879 g/mol. The van der Waals surface area contributed by atoms with Gasteiger partial charge in [0.2, 0.25) is 23.5 Å². The van der Waals surface area contributed by atoms with Crippen LogP contribution in [0.5, 0.6) is 0 Å². The SMILES string of the molecule is CCC(C)[C@H](CC(=O)[C@H](Cc1ccccc1)NC(=O)Cc1c(F)c(F)c(F)c(F)c1F)C(=O)N[C@@H](CCCCN)C(=O)C[C@H](C(=O)N[C@@H](C)C(=O)C[C@H](C(C)=O)C(C)C)C(C)C. The first-order valence-electron chi connectivity index (χ1n) is 21.3. The molecule has 5 N–H and O–H groups in total. The third-order valence-electron chi connectivity index (χ3n) is 11.5. The first-order valence-corrected chi connectivity index (χ1v) is 21.3. The molecule has 0 heterocycles. The molecular weight excluding hydrogens is 816 g/mol. The van der Waals surface area contributed by atoms with Gasteiger partial charge in [-0.15, -0.1) is 0 Å². The van der Waals surface area contributed by atoms with Crippen molar-refractivity contribution in [2.45, 2.75) is 131 Å². The van der Waals surface area contributed by atoms with Gasteiger partial charge in [-0.1, -0.05) is 78.3 Å². The van der Waals surface area contributed by atoms with Gasteiger partial charge in [0.25, 0.3) is 0 Å². The molecule has 0 aliphatic rings. The van der Waals surface area contributed by atoms with Crippen molar-refractivity contribution in [3.05, 3.63) is 70.5 Å². The maximum atomic E-state index is 14.5. The molecule has 1 unspecified atom stereocenters. The molecule has 0 saturated carbocycles. The number of rotatable bonds is 27. The van der Waals surface area contributed by atoms with Crippen LogP contribution in [-0.4, -0.2) is 65.5 Å². The van der Waals surface area contributed by atoms with Crippen LogP contribution in [0.3, 0.4) is 0 Å². The van der Waals surface area contributed by atoms with E-state index in [1.807, 2.05) is 13.8 Å². The second-order valence-electron chi connectivity index (χ2n) is 16.9. The molecule has 11 nitrogen and oxygen atoms in total. The van der Waals surface area contributed by atoms with Crippen LogP contribution in [0, 0.1) is 64.6 Å². The fourth-order valence-corrected chi connectivity index (χ4v) is 7.22. The Bertz CT molecular complexity index is 1870. The van der Waals surface area contributed by atoms with E-state index in [4.69, 9.17) is 5.73 Å². The van der Waals surface area contributed by atoms with Crippen molar-refractivity contribution in [1.82, 2.24) is 16.0 Å². The Morgan fingerprint density at radius 1 is 0.613 bits per heavy atom. The summed E-state index contributed by atoms with van der Waals surface area (Å²) in [5.41, 5.74) is 4.89. The third kappa shape index (κ3) is 15.5. The number of unbranched alkanes of at least 4 members (excludes halogenated alkanes) is 1. The first kappa shape index (κ1) is 53.3. The number of carbonyl (C=O) groups excluding carboxylic acids is 7. The molecule has 2 aromatic carbocycles. The maximum absolute atomic E-state index is 14.5. The number of hydrogen-bond donors (Lipinski definition) is 4. The summed E-state index contributed by atoms with van der Waals surface area (Å²) in [6.07, 6.45) is -0.705. The largest absolute Gasteiger partial charge is 0.346 e. The summed E-state index contributed by atoms with van der Waals surface area (Å²) in [6, 6.07) is 4.90. The van der Waals surface area contributed by atoms with Crippen LogP contribution < -0.4 is 21.7 Å². The van der Waals surface area contributed by atoms with E-state index in [2.05, 4.69) is 16.0 Å². The number of nitrogens with one attached hydrogen (secondary N) is 3. The van der Waals surface area contributed by atoms with E-state index in [1.165, 1.54) is 13.8 Å². The summed E-state index contributed by atoms with van der Waals surface area (Å²) < 4.78 is 70.5. The Labute approximate surface area is 361 Å². The Morgan fingerprint density at radius 2 is 1.11 bits per heavy atom. The highest BCUT2D eigenvalue weighted by atomic mass is 19.2. The zero-order valence-electron chi connectivity index (χ0n) is 37.0. The van der Waals surface area contributed by atoms with Crippen molar-refractivity contribution < 1.29 is 55.5 Å². The number of hydrogen-bond acceptors (Lipinski definition) is 8. The highest BCUT2D eigenvalue weighted by Crippen LogP contribution is 2.26. The number of nitrogens with two attached hydrogens (primary N) is 1. The van der Waals surface area contributed by atoms with Gasteiger partial charge in [0.15, 0.2) is 40.6 Å². The standard InChI is InChI=1S/C46H63F5N4O7/c1-9-26(6)32(22-38(59)35(19-29-15-11-10-12-16-29)54-39(60)23-33-40(47)42(49)44(51)43(50)41(33)48)46(62)55-34(17-13-14-18-52)37(58)21-31(25(4)5)45(61)53-27(7)36(57)20-30(24(2)3)28(8)56/h10-12,15-16,24-27,30-32,34-35H,9,13-14,17-23,52H2,1-8H3,(H,53,61)(H,54,60)(H,55,62)/t26?,27-,30-,31-,32-,34-,35-/m0/s1. The normalized spacial score (nSPS) is 14.9. The molecular formula is C46H63F5N4O7.